The lowest BCUT2D eigenvalue weighted by Crippen LogP contribution is -2.57. The van der Waals surface area contributed by atoms with E-state index in [2.05, 4.69) is 15.1 Å². The molecular weight excluding hydrogens is 569 g/mol. The first-order chi connectivity index (χ1) is 19.2. The molecule has 0 unspecified atom stereocenters. The second-order valence-electron chi connectivity index (χ2n) is 9.92. The van der Waals surface area contributed by atoms with Gasteiger partial charge in [-0.2, -0.15) is 18.3 Å². The predicted molar refractivity (Wildman–Crippen MR) is 144 cm³/mol. The molecule has 0 saturated carbocycles. The average Bonchev–Trinajstić information content (AvgIpc) is 3.51. The first kappa shape index (κ1) is 27.3. The van der Waals surface area contributed by atoms with Crippen molar-refractivity contribution in [2.45, 2.75) is 24.7 Å². The van der Waals surface area contributed by atoms with Gasteiger partial charge < -0.3 is 9.47 Å². The van der Waals surface area contributed by atoms with Gasteiger partial charge in [0.2, 0.25) is 0 Å². The first-order valence-corrected chi connectivity index (χ1v) is 13.9. The smallest absolute Gasteiger partial charge is 0.378 e. The highest BCUT2D eigenvalue weighted by molar-refractivity contribution is 8.18. The summed E-state index contributed by atoms with van der Waals surface area (Å²) >= 11 is 6.64. The molecule has 8 nitrogen and oxygen atoms in total. The molecule has 2 amide bonds. The van der Waals surface area contributed by atoms with Crippen LogP contribution < -0.4 is 0 Å². The van der Waals surface area contributed by atoms with E-state index in [0.29, 0.717) is 37.5 Å². The minimum Gasteiger partial charge on any atom is -0.378 e. The maximum absolute atomic E-state index is 14.0. The summed E-state index contributed by atoms with van der Waals surface area (Å²) < 4.78 is 53.3. The van der Waals surface area contributed by atoms with Crippen molar-refractivity contribution in [3.8, 4) is 0 Å². The number of thioether (sulfide) groups is 1. The number of H-pyrrole nitrogens is 1. The monoisotopic (exact) mass is 592 g/mol. The summed E-state index contributed by atoms with van der Waals surface area (Å²) in [6.45, 7) is 2.98. The van der Waals surface area contributed by atoms with E-state index in [0.717, 1.165) is 40.2 Å². The van der Waals surface area contributed by atoms with Gasteiger partial charge in [0.15, 0.2) is 0 Å². The molecule has 2 aromatic carbocycles. The Balaban J connectivity index is 1.35. The van der Waals surface area contributed by atoms with Crippen LogP contribution in [-0.4, -0.2) is 82.7 Å². The topological polar surface area (TPSA) is 87.8 Å². The Morgan fingerprint density at radius 2 is 2.02 bits per heavy atom. The Hall–Kier alpha value is -2.90. The number of amides is 2. The van der Waals surface area contributed by atoms with Gasteiger partial charge in [0.1, 0.15) is 0 Å². The molecule has 1 aromatic heterocycles. The van der Waals surface area contributed by atoms with E-state index < -0.39 is 22.9 Å². The fourth-order valence-electron chi connectivity index (χ4n) is 5.30. The minimum absolute atomic E-state index is 0.0484. The molecule has 210 valence electrons. The Bertz CT molecular complexity index is 1510. The molecule has 0 bridgehead atoms. The number of hydrogen-bond donors (Lipinski definition) is 1. The van der Waals surface area contributed by atoms with Crippen molar-refractivity contribution in [2.24, 2.45) is 0 Å². The fourth-order valence-corrected chi connectivity index (χ4v) is 6.42. The van der Waals surface area contributed by atoms with Crippen LogP contribution in [0.1, 0.15) is 16.7 Å². The molecule has 1 N–H and O–H groups in total. The highest BCUT2D eigenvalue weighted by Gasteiger charge is 2.41. The standard InChI is InChI=1S/C27H24ClF3N4O4S/c28-18-3-1-16(22(9-18)27(29,30)31)8-21(15-2-4-23-17(7-15)10-32-33-23)24-25(36)35(26(37)40-24)12-20-11-34-5-6-38-13-19(34)14-39-20/h1-4,7,9-10,19-20H,5-6,8,11-14H2,(H,32,33)/b24-21-/t19-,20+/m0/s1. The first-order valence-electron chi connectivity index (χ1n) is 12.7. The number of imide groups is 1. The Kier molecular flexibility index (Phi) is 7.38. The van der Waals surface area contributed by atoms with Crippen molar-refractivity contribution < 1.29 is 32.2 Å². The van der Waals surface area contributed by atoms with E-state index in [9.17, 15) is 22.8 Å². The number of nitrogens with one attached hydrogen (secondary N) is 1. The van der Waals surface area contributed by atoms with Crippen LogP contribution >= 0.6 is 23.4 Å². The summed E-state index contributed by atoms with van der Waals surface area (Å²) in [7, 11) is 0. The van der Waals surface area contributed by atoms with Gasteiger partial charge in [0, 0.05) is 23.5 Å². The quantitative estimate of drug-likeness (QED) is 0.418. The van der Waals surface area contributed by atoms with Crippen LogP contribution in [0.4, 0.5) is 18.0 Å². The number of rotatable bonds is 5. The van der Waals surface area contributed by atoms with Gasteiger partial charge in [-0.1, -0.05) is 23.7 Å². The van der Waals surface area contributed by atoms with Crippen LogP contribution in [0.5, 0.6) is 0 Å². The normalized spacial score (nSPS) is 23.6. The maximum atomic E-state index is 14.0. The lowest BCUT2D eigenvalue weighted by Gasteiger charge is -2.42. The summed E-state index contributed by atoms with van der Waals surface area (Å²) in [5, 5.41) is 7.03. The Morgan fingerprint density at radius 3 is 2.85 bits per heavy atom. The number of alkyl halides is 3. The van der Waals surface area contributed by atoms with E-state index >= 15 is 0 Å². The molecule has 2 atom stereocenters. The van der Waals surface area contributed by atoms with Crippen LogP contribution in [0.25, 0.3) is 16.5 Å². The molecule has 3 aliphatic rings. The zero-order chi connectivity index (χ0) is 28.0. The van der Waals surface area contributed by atoms with Crippen LogP contribution in [0, 0.1) is 0 Å². The molecule has 3 aromatic rings. The number of allylic oxidation sites excluding steroid dienone is 1. The number of halogens is 4. The molecule has 13 heteroatoms. The van der Waals surface area contributed by atoms with Crippen molar-refractivity contribution in [2.75, 3.05) is 39.5 Å². The molecule has 6 rings (SSSR count). The molecule has 0 radical (unpaired) electrons. The number of carbonyl (C=O) groups is 2. The van der Waals surface area contributed by atoms with E-state index in [1.165, 1.54) is 12.1 Å². The minimum atomic E-state index is -4.66. The van der Waals surface area contributed by atoms with E-state index in [1.807, 2.05) is 0 Å². The SMILES string of the molecule is O=C1S/C(=C(/Cc2ccc(Cl)cc2C(F)(F)F)c2ccc3[nH]ncc3c2)C(=O)N1C[C@H]1CN2CCOC[C@H]2CO1. The van der Waals surface area contributed by atoms with Gasteiger partial charge >= 0.3 is 6.18 Å². The van der Waals surface area contributed by atoms with Gasteiger partial charge in [-0.25, -0.2) is 0 Å². The van der Waals surface area contributed by atoms with Crippen molar-refractivity contribution in [1.82, 2.24) is 20.0 Å². The molecular formula is C27H24ClF3N4O4S. The molecule has 40 heavy (non-hydrogen) atoms. The third kappa shape index (κ3) is 5.38. The van der Waals surface area contributed by atoms with Gasteiger partial charge in [-0.15, -0.1) is 0 Å². The van der Waals surface area contributed by atoms with Gasteiger partial charge in [0.05, 0.1) is 60.7 Å². The molecule has 0 spiro atoms. The number of aromatic nitrogens is 2. The Labute approximate surface area is 236 Å². The fraction of sp³-hybridized carbons (Fsp3) is 0.370. The summed E-state index contributed by atoms with van der Waals surface area (Å²) in [6, 6.07) is 8.90. The van der Waals surface area contributed by atoms with Crippen LogP contribution in [0.15, 0.2) is 47.5 Å². The van der Waals surface area contributed by atoms with Crippen molar-refractivity contribution >= 4 is 51.0 Å². The Morgan fingerprint density at radius 1 is 1.18 bits per heavy atom. The summed E-state index contributed by atoms with van der Waals surface area (Å²) in [6.07, 6.45) is -3.68. The molecule has 4 heterocycles. The van der Waals surface area contributed by atoms with E-state index in [4.69, 9.17) is 21.1 Å². The third-order valence-corrected chi connectivity index (χ3v) is 8.61. The number of carbonyl (C=O) groups excluding carboxylic acids is 2. The molecule has 0 aliphatic carbocycles. The lowest BCUT2D eigenvalue weighted by molar-refractivity contribution is -0.138. The van der Waals surface area contributed by atoms with Crippen molar-refractivity contribution in [3.63, 3.8) is 0 Å². The predicted octanol–water partition coefficient (Wildman–Crippen LogP) is 4.98. The number of nitrogens with zero attached hydrogens (tertiary/aromatic N) is 3. The zero-order valence-corrected chi connectivity index (χ0v) is 22.6. The highest BCUT2D eigenvalue weighted by atomic mass is 35.5. The average molecular weight is 593 g/mol. The summed E-state index contributed by atoms with van der Waals surface area (Å²) in [5.41, 5.74) is 0.624. The maximum Gasteiger partial charge on any atom is 0.416 e. The second kappa shape index (κ2) is 10.8. The van der Waals surface area contributed by atoms with Crippen molar-refractivity contribution in [1.29, 1.82) is 0 Å². The third-order valence-electron chi connectivity index (χ3n) is 7.35. The summed E-state index contributed by atoms with van der Waals surface area (Å²) in [5.74, 6) is -0.549. The number of hydrogen-bond acceptors (Lipinski definition) is 7. The number of benzene rings is 2. The van der Waals surface area contributed by atoms with Gasteiger partial charge in [-0.3, -0.25) is 24.5 Å². The van der Waals surface area contributed by atoms with Crippen molar-refractivity contribution in [3.05, 3.63) is 69.2 Å². The van der Waals surface area contributed by atoms with E-state index in [-0.39, 0.29) is 40.6 Å². The van der Waals surface area contributed by atoms with Crippen LogP contribution in [-0.2, 0) is 26.9 Å². The molecule has 3 saturated heterocycles. The highest BCUT2D eigenvalue weighted by Crippen LogP contribution is 2.41. The van der Waals surface area contributed by atoms with E-state index in [1.54, 1.807) is 24.4 Å². The number of fused-ring (bicyclic) bond motifs is 2. The van der Waals surface area contributed by atoms with Crippen LogP contribution in [0.3, 0.4) is 0 Å². The lowest BCUT2D eigenvalue weighted by atomic mass is 9.93. The number of aromatic amines is 1. The second-order valence-corrected chi connectivity index (χ2v) is 11.3. The number of ether oxygens (including phenoxy) is 2. The largest absolute Gasteiger partial charge is 0.416 e. The number of morpholine rings is 2. The zero-order valence-electron chi connectivity index (χ0n) is 21.0. The molecule has 3 aliphatic heterocycles. The van der Waals surface area contributed by atoms with Gasteiger partial charge in [-0.05, 0) is 59.1 Å². The van der Waals surface area contributed by atoms with Gasteiger partial charge in [0.25, 0.3) is 11.1 Å². The summed E-state index contributed by atoms with van der Waals surface area (Å²) in [4.78, 5) is 30.3. The molecule has 3 fully saturated rings. The van der Waals surface area contributed by atoms with Crippen LogP contribution in [0.2, 0.25) is 5.02 Å².